The third-order valence-electron chi connectivity index (χ3n) is 4.07. The summed E-state index contributed by atoms with van der Waals surface area (Å²) < 4.78 is 5.87. The van der Waals surface area contributed by atoms with E-state index in [0.29, 0.717) is 11.4 Å². The number of carbonyl (C=O) groups is 2. The Morgan fingerprint density at radius 1 is 1.20 bits per heavy atom. The monoisotopic (exact) mass is 356 g/mol. The highest BCUT2D eigenvalue weighted by atomic mass is 32.1. The molecule has 5 nitrogen and oxygen atoms in total. The Labute approximate surface area is 150 Å². The van der Waals surface area contributed by atoms with Crippen molar-refractivity contribution in [2.45, 2.75) is 19.9 Å². The summed E-state index contributed by atoms with van der Waals surface area (Å²) in [7, 11) is 1.74. The number of nitrogens with zero attached hydrogens (tertiary/aromatic N) is 1. The molecule has 0 radical (unpaired) electrons. The average Bonchev–Trinajstić information content (AvgIpc) is 3.27. The van der Waals surface area contributed by atoms with Crippen LogP contribution in [-0.4, -0.2) is 30.3 Å². The SMILES string of the molecule is CCc1oc2ccccc2c1CN(C)C(=O)CNC(=O)c1cccs1. The molecule has 2 aromatic heterocycles. The van der Waals surface area contributed by atoms with Gasteiger partial charge in [0.25, 0.3) is 5.91 Å². The summed E-state index contributed by atoms with van der Waals surface area (Å²) in [5.41, 5.74) is 1.86. The third-order valence-corrected chi connectivity index (χ3v) is 4.94. The number of benzene rings is 1. The van der Waals surface area contributed by atoms with Crippen LogP contribution in [0.3, 0.4) is 0 Å². The van der Waals surface area contributed by atoms with Crippen LogP contribution in [0.25, 0.3) is 11.0 Å². The molecule has 6 heteroatoms. The fraction of sp³-hybridized carbons (Fsp3) is 0.263. The second-order valence-electron chi connectivity index (χ2n) is 5.76. The largest absolute Gasteiger partial charge is 0.461 e. The van der Waals surface area contributed by atoms with Gasteiger partial charge in [0, 0.05) is 31.0 Å². The second kappa shape index (κ2) is 7.53. The molecule has 0 aliphatic heterocycles. The first-order valence-corrected chi connectivity index (χ1v) is 9.03. The highest BCUT2D eigenvalue weighted by Crippen LogP contribution is 2.27. The van der Waals surface area contributed by atoms with Crippen molar-refractivity contribution in [3.63, 3.8) is 0 Å². The van der Waals surface area contributed by atoms with Gasteiger partial charge in [-0.25, -0.2) is 0 Å². The van der Waals surface area contributed by atoms with Gasteiger partial charge in [-0.05, 0) is 17.5 Å². The normalized spacial score (nSPS) is 10.8. The minimum Gasteiger partial charge on any atom is -0.461 e. The van der Waals surface area contributed by atoms with Crippen LogP contribution in [-0.2, 0) is 17.8 Å². The fourth-order valence-corrected chi connectivity index (χ4v) is 3.36. The van der Waals surface area contributed by atoms with Crippen molar-refractivity contribution in [2.24, 2.45) is 0 Å². The van der Waals surface area contributed by atoms with Crippen molar-refractivity contribution in [1.82, 2.24) is 10.2 Å². The molecule has 0 bridgehead atoms. The van der Waals surface area contributed by atoms with Gasteiger partial charge in [-0.3, -0.25) is 9.59 Å². The molecular formula is C19H20N2O3S. The van der Waals surface area contributed by atoms with Gasteiger partial charge < -0.3 is 14.6 Å². The number of carbonyl (C=O) groups excluding carboxylic acids is 2. The Morgan fingerprint density at radius 3 is 2.72 bits per heavy atom. The van der Waals surface area contributed by atoms with Crippen LogP contribution in [0.1, 0.15) is 27.9 Å². The molecule has 0 spiro atoms. The number of furan rings is 1. The summed E-state index contributed by atoms with van der Waals surface area (Å²) in [4.78, 5) is 26.5. The predicted octanol–water partition coefficient (Wildman–Crippen LogP) is 3.45. The lowest BCUT2D eigenvalue weighted by molar-refractivity contribution is -0.129. The topological polar surface area (TPSA) is 62.6 Å². The van der Waals surface area contributed by atoms with E-state index in [1.54, 1.807) is 18.0 Å². The van der Waals surface area contributed by atoms with E-state index >= 15 is 0 Å². The molecule has 0 atom stereocenters. The first-order valence-electron chi connectivity index (χ1n) is 8.15. The number of amides is 2. The van der Waals surface area contributed by atoms with Crippen molar-refractivity contribution >= 4 is 34.1 Å². The van der Waals surface area contributed by atoms with E-state index in [9.17, 15) is 9.59 Å². The Morgan fingerprint density at radius 2 is 2.00 bits per heavy atom. The number of hydrogen-bond donors (Lipinski definition) is 1. The smallest absolute Gasteiger partial charge is 0.261 e. The Balaban J connectivity index is 1.66. The van der Waals surface area contributed by atoms with Crippen LogP contribution in [0.4, 0.5) is 0 Å². The minimum absolute atomic E-state index is 0.0233. The molecule has 25 heavy (non-hydrogen) atoms. The molecule has 1 N–H and O–H groups in total. The van der Waals surface area contributed by atoms with Crippen LogP contribution in [0, 0.1) is 0 Å². The fourth-order valence-electron chi connectivity index (χ4n) is 2.72. The molecule has 0 saturated carbocycles. The summed E-state index contributed by atoms with van der Waals surface area (Å²) in [6.45, 7) is 2.46. The van der Waals surface area contributed by atoms with Gasteiger partial charge in [0.2, 0.25) is 5.91 Å². The Bertz CT molecular complexity index is 883. The van der Waals surface area contributed by atoms with Crippen molar-refractivity contribution in [3.05, 3.63) is 58.0 Å². The van der Waals surface area contributed by atoms with E-state index in [-0.39, 0.29) is 18.4 Å². The van der Waals surface area contributed by atoms with Crippen molar-refractivity contribution in [1.29, 1.82) is 0 Å². The van der Waals surface area contributed by atoms with E-state index in [4.69, 9.17) is 4.42 Å². The first kappa shape index (κ1) is 17.2. The molecule has 3 rings (SSSR count). The molecule has 2 heterocycles. The molecular weight excluding hydrogens is 336 g/mol. The summed E-state index contributed by atoms with van der Waals surface area (Å²) in [5, 5.41) is 5.53. The predicted molar refractivity (Wildman–Crippen MR) is 98.7 cm³/mol. The lowest BCUT2D eigenvalue weighted by atomic mass is 10.1. The van der Waals surface area contributed by atoms with Gasteiger partial charge in [-0.1, -0.05) is 31.2 Å². The van der Waals surface area contributed by atoms with Gasteiger partial charge in [-0.2, -0.15) is 0 Å². The zero-order valence-electron chi connectivity index (χ0n) is 14.2. The molecule has 130 valence electrons. The van der Waals surface area contributed by atoms with Crippen molar-refractivity contribution in [2.75, 3.05) is 13.6 Å². The molecule has 0 fully saturated rings. The van der Waals surface area contributed by atoms with Crippen molar-refractivity contribution in [3.8, 4) is 0 Å². The minimum atomic E-state index is -0.222. The number of fused-ring (bicyclic) bond motifs is 1. The second-order valence-corrected chi connectivity index (χ2v) is 6.71. The number of rotatable bonds is 6. The summed E-state index contributed by atoms with van der Waals surface area (Å²) in [6.07, 6.45) is 0.765. The van der Waals surface area contributed by atoms with Gasteiger partial charge in [0.1, 0.15) is 11.3 Å². The molecule has 3 aromatic rings. The average molecular weight is 356 g/mol. The van der Waals surface area contributed by atoms with E-state index < -0.39 is 0 Å². The standard InChI is InChI=1S/C19H20N2O3S/c1-3-15-14(13-7-4-5-8-16(13)24-15)12-21(2)18(22)11-20-19(23)17-9-6-10-25-17/h4-10H,3,11-12H2,1-2H3,(H,20,23). The highest BCUT2D eigenvalue weighted by Gasteiger charge is 2.18. The molecule has 0 aliphatic rings. The lowest BCUT2D eigenvalue weighted by Crippen LogP contribution is -2.37. The van der Waals surface area contributed by atoms with E-state index in [0.717, 1.165) is 28.7 Å². The maximum Gasteiger partial charge on any atom is 0.261 e. The first-order chi connectivity index (χ1) is 12.1. The maximum absolute atomic E-state index is 12.4. The number of para-hydroxylation sites is 1. The third kappa shape index (κ3) is 3.74. The Hall–Kier alpha value is -2.60. The summed E-state index contributed by atoms with van der Waals surface area (Å²) in [5.74, 6) is 0.528. The maximum atomic E-state index is 12.4. The zero-order chi connectivity index (χ0) is 17.8. The number of likely N-dealkylation sites (N-methyl/N-ethyl adjacent to an activating group) is 1. The van der Waals surface area contributed by atoms with Gasteiger partial charge in [0.05, 0.1) is 11.4 Å². The van der Waals surface area contributed by atoms with E-state index in [2.05, 4.69) is 5.32 Å². The quantitative estimate of drug-likeness (QED) is 0.736. The van der Waals surface area contributed by atoms with Crippen molar-refractivity contribution < 1.29 is 14.0 Å². The van der Waals surface area contributed by atoms with E-state index in [1.165, 1.54) is 11.3 Å². The number of hydrogen-bond acceptors (Lipinski definition) is 4. The molecule has 0 saturated heterocycles. The number of thiophene rings is 1. The molecule has 2 amide bonds. The number of nitrogens with one attached hydrogen (secondary N) is 1. The Kier molecular flexibility index (Phi) is 5.19. The van der Waals surface area contributed by atoms with Crippen LogP contribution in [0.2, 0.25) is 0 Å². The highest BCUT2D eigenvalue weighted by molar-refractivity contribution is 7.12. The van der Waals surface area contributed by atoms with Crippen LogP contribution >= 0.6 is 11.3 Å². The number of aryl methyl sites for hydroxylation is 1. The van der Waals surface area contributed by atoms with Crippen LogP contribution in [0.15, 0.2) is 46.2 Å². The molecule has 0 aliphatic carbocycles. The summed E-state index contributed by atoms with van der Waals surface area (Å²) in [6, 6.07) is 11.4. The van der Waals surface area contributed by atoms with Crippen LogP contribution < -0.4 is 5.32 Å². The summed E-state index contributed by atoms with van der Waals surface area (Å²) >= 11 is 1.35. The van der Waals surface area contributed by atoms with Gasteiger partial charge in [-0.15, -0.1) is 11.3 Å². The molecule has 0 unspecified atom stereocenters. The van der Waals surface area contributed by atoms with Crippen LogP contribution in [0.5, 0.6) is 0 Å². The van der Waals surface area contributed by atoms with Gasteiger partial charge in [0.15, 0.2) is 0 Å². The lowest BCUT2D eigenvalue weighted by Gasteiger charge is -2.17. The molecule has 1 aromatic carbocycles. The zero-order valence-corrected chi connectivity index (χ0v) is 15.1. The van der Waals surface area contributed by atoms with E-state index in [1.807, 2.05) is 42.6 Å². The van der Waals surface area contributed by atoms with Gasteiger partial charge >= 0.3 is 0 Å².